The fourth-order valence-electron chi connectivity index (χ4n) is 0. The topological polar surface area (TPSA) is 0 Å². The van der Waals surface area contributed by atoms with Gasteiger partial charge in [0, 0.05) is 158 Å². The molecule has 0 aromatic rings. The average molecular weight is 736 g/mol. The van der Waals surface area contributed by atoms with Gasteiger partial charge in [0.1, 0.15) is 0 Å². The van der Waals surface area contributed by atoms with Crippen molar-refractivity contribution < 1.29 is 149 Å². The van der Waals surface area contributed by atoms with Crippen LogP contribution in [-0.2, 0) is 108 Å². The van der Waals surface area contributed by atoms with E-state index >= 15 is 0 Å². The summed E-state index contributed by atoms with van der Waals surface area (Å²) in [5, 5.41) is 0. The number of hydrogen-bond acceptors (Lipinski definition) is 0. The van der Waals surface area contributed by atoms with E-state index in [2.05, 4.69) is 0 Å². The first-order chi connectivity index (χ1) is 0. The van der Waals surface area contributed by atoms with Gasteiger partial charge < -0.3 is 0 Å². The first-order valence-corrected chi connectivity index (χ1v) is 0. The molecule has 0 fully saturated rings. The van der Waals surface area contributed by atoms with E-state index in [4.69, 9.17) is 0 Å². The molecule has 0 atom stereocenters. The summed E-state index contributed by atoms with van der Waals surface area (Å²) in [7, 11) is 0. The van der Waals surface area contributed by atoms with Gasteiger partial charge in [0.25, 0.3) is 0 Å². The third-order valence-electron chi connectivity index (χ3n) is 0. The fraction of sp³-hybridized carbons (Fsp3) is 0. The molecule has 0 N–H and O–H groups in total. The molecule has 0 spiro atoms. The molecule has 0 rings (SSSR count). The largest absolute Gasteiger partial charge is 0 e. The minimum atomic E-state index is 0. The van der Waals surface area contributed by atoms with Crippen LogP contribution in [0.15, 0.2) is 0 Å². The third-order valence-corrected chi connectivity index (χ3v) is 0. The van der Waals surface area contributed by atoms with Gasteiger partial charge in [0.2, 0.25) is 0 Å². The molecule has 0 aliphatic rings. The van der Waals surface area contributed by atoms with Crippen molar-refractivity contribution in [3.8, 4) is 0 Å². The molecule has 0 aromatic carbocycles. The van der Waals surface area contributed by atoms with Gasteiger partial charge in [0.05, 0.1) is 0 Å². The zero-order valence-corrected chi connectivity index (χ0v) is 16.4. The van der Waals surface area contributed by atoms with Gasteiger partial charge in [-0.25, -0.2) is 0 Å². The van der Waals surface area contributed by atoms with Crippen molar-refractivity contribution in [1.82, 2.24) is 0 Å². The van der Waals surface area contributed by atoms with E-state index in [1.165, 1.54) is 0 Å². The zero-order valence-electron chi connectivity index (χ0n) is 3.09. The van der Waals surface area contributed by atoms with Crippen LogP contribution in [0.25, 0.3) is 0 Å². The zero-order chi connectivity index (χ0) is 0. The molecule has 7 heavy (non-hydrogen) atoms. The van der Waals surface area contributed by atoms with Gasteiger partial charge >= 0.3 is 0 Å². The molecule has 0 amide bonds. The molecule has 0 aromatic heterocycles. The molecule has 0 aliphatic heterocycles. The van der Waals surface area contributed by atoms with E-state index in [1.807, 2.05) is 0 Å². The van der Waals surface area contributed by atoms with Crippen molar-refractivity contribution in [2.75, 3.05) is 0 Å². The van der Waals surface area contributed by atoms with Crippen LogP contribution in [0.1, 0.15) is 0 Å². The number of hydrogen-bond donors (Lipinski definition) is 0. The van der Waals surface area contributed by atoms with Gasteiger partial charge in [-0.3, -0.25) is 0 Å². The van der Waals surface area contributed by atoms with Crippen LogP contribution in [-0.4, -0.2) is 8.41 Å². The van der Waals surface area contributed by atoms with E-state index in [9.17, 15) is 0 Å². The summed E-state index contributed by atoms with van der Waals surface area (Å²) in [6, 6.07) is 0. The molecule has 0 heterocycles. The molecule has 0 aliphatic carbocycles. The number of rotatable bonds is 0. The molecule has 0 saturated heterocycles. The average Bonchev–Trinajstić information content (AvgIpc) is 0. The van der Waals surface area contributed by atoms with Crippen LogP contribution in [0.2, 0.25) is 0 Å². The van der Waals surface area contributed by atoms with Crippen LogP contribution in [0.5, 0.6) is 0 Å². The van der Waals surface area contributed by atoms with Crippen LogP contribution < -0.4 is 0 Å². The molecule has 7 heteroatoms. The van der Waals surface area contributed by atoms with Crippen molar-refractivity contribution in [3.63, 3.8) is 0 Å². The van der Waals surface area contributed by atoms with Crippen LogP contribution in [0.3, 0.4) is 0 Å². The molecule has 6 radical (unpaired) electrons. The molecule has 0 saturated carbocycles. The van der Waals surface area contributed by atoms with Crippen molar-refractivity contribution in [1.29, 1.82) is 0 Å². The van der Waals surface area contributed by atoms with Gasteiger partial charge in [-0.15, -0.1) is 0 Å². The second kappa shape index (κ2) is 44.4. The minimum absolute atomic E-state index is 0. The van der Waals surface area contributed by atoms with Gasteiger partial charge in [0.15, 0.2) is 0 Å². The van der Waals surface area contributed by atoms with E-state index < -0.39 is 0 Å². The Hall–Kier alpha value is 4.91. The molecular weight excluding hydrogens is 736 g/mol. The fourth-order valence-corrected chi connectivity index (χ4v) is 0. The second-order valence-corrected chi connectivity index (χ2v) is 0. The Morgan fingerprint density at radius 2 is 1.00 bits per heavy atom. The maximum absolute atomic E-state index is 0. The predicted octanol–water partition coefficient (Wildman–Crippen LogP) is -0.393. The van der Waals surface area contributed by atoms with E-state index in [0.29, 0.717) is 0 Å². The SMILES string of the molecule is [B].[Co].[Cr].[Nd].[Pt].[Re].[Y]. The summed E-state index contributed by atoms with van der Waals surface area (Å²) in [5.74, 6) is 0. The molecule has 42 valence electrons. The molecule has 0 nitrogen and oxygen atoms in total. The Labute approximate surface area is 153 Å². The smallest absolute Gasteiger partial charge is 0 e. The minimum Gasteiger partial charge on any atom is 0 e. The summed E-state index contributed by atoms with van der Waals surface area (Å²) >= 11 is 0. The van der Waals surface area contributed by atoms with Crippen molar-refractivity contribution in [2.45, 2.75) is 0 Å². The van der Waals surface area contributed by atoms with E-state index in [0.717, 1.165) is 0 Å². The normalized spacial score (nSPS) is 0. The standard InChI is InChI=1S/B.Co.Cr.Nd.Pt.Re.Y. The summed E-state index contributed by atoms with van der Waals surface area (Å²) < 4.78 is 0. The summed E-state index contributed by atoms with van der Waals surface area (Å²) in [6.45, 7) is 0. The molecule has 0 bridgehead atoms. The van der Waals surface area contributed by atoms with Crippen LogP contribution >= 0.6 is 0 Å². The monoisotopic (exact) mass is 735 g/mol. The first kappa shape index (κ1) is 58.8. The van der Waals surface area contributed by atoms with Crippen LogP contribution in [0, 0.1) is 40.8 Å². The second-order valence-electron chi connectivity index (χ2n) is 0. The summed E-state index contributed by atoms with van der Waals surface area (Å²) in [6.07, 6.45) is 0. The predicted molar refractivity (Wildman–Crippen MR) is 5.75 cm³/mol. The Morgan fingerprint density at radius 1 is 1.00 bits per heavy atom. The Bertz CT molecular complexity index is 19.7. The summed E-state index contributed by atoms with van der Waals surface area (Å²) in [4.78, 5) is 0. The molecular formula is BCoCrNdPtReY. The van der Waals surface area contributed by atoms with Crippen molar-refractivity contribution >= 4 is 8.41 Å². The van der Waals surface area contributed by atoms with Gasteiger partial charge in [-0.2, -0.15) is 0 Å². The quantitative estimate of drug-likeness (QED) is 0.298. The van der Waals surface area contributed by atoms with Gasteiger partial charge in [-0.05, 0) is 0 Å². The van der Waals surface area contributed by atoms with Crippen molar-refractivity contribution in [3.05, 3.63) is 0 Å². The maximum Gasteiger partial charge on any atom is 0 e. The summed E-state index contributed by atoms with van der Waals surface area (Å²) in [5.41, 5.74) is 0. The van der Waals surface area contributed by atoms with Crippen molar-refractivity contribution in [2.24, 2.45) is 0 Å². The first-order valence-electron chi connectivity index (χ1n) is 0. The van der Waals surface area contributed by atoms with Gasteiger partial charge in [-0.1, -0.05) is 0 Å². The van der Waals surface area contributed by atoms with E-state index in [-0.39, 0.29) is 158 Å². The van der Waals surface area contributed by atoms with Crippen LogP contribution in [0.4, 0.5) is 0 Å². The third kappa shape index (κ3) is 35.9. The Kier molecular flexibility index (Phi) is 373. The van der Waals surface area contributed by atoms with E-state index in [1.54, 1.807) is 0 Å². The Balaban J connectivity index is 0. The Morgan fingerprint density at radius 3 is 1.00 bits per heavy atom. The maximum atomic E-state index is 0. The molecule has 0 unspecified atom stereocenters.